The molecule has 0 unspecified atom stereocenters. The highest BCUT2D eigenvalue weighted by atomic mass is 16.5. The van der Waals surface area contributed by atoms with Crippen molar-refractivity contribution >= 4 is 11.9 Å². The van der Waals surface area contributed by atoms with Crippen LogP contribution in [0.5, 0.6) is 0 Å². The number of ether oxygens (including phenoxy) is 1. The second-order valence-corrected chi connectivity index (χ2v) is 4.72. The largest absolute Gasteiger partial charge is 0.465 e. The van der Waals surface area contributed by atoms with Gasteiger partial charge in [0.25, 0.3) is 0 Å². The third-order valence-electron chi connectivity index (χ3n) is 2.69. The Morgan fingerprint density at radius 2 is 1.95 bits per heavy atom. The predicted octanol–water partition coefficient (Wildman–Crippen LogP) is 1.32. The second kappa shape index (κ2) is 8.32. The lowest BCUT2D eigenvalue weighted by Crippen LogP contribution is -2.38. The van der Waals surface area contributed by atoms with Gasteiger partial charge in [-0.15, -0.1) is 0 Å². The smallest absolute Gasteiger partial charge is 0.325 e. The fourth-order valence-electron chi connectivity index (χ4n) is 1.80. The van der Waals surface area contributed by atoms with Crippen LogP contribution in [0.15, 0.2) is 30.3 Å². The third-order valence-corrected chi connectivity index (χ3v) is 2.69. The Balaban J connectivity index is 2.73. The van der Waals surface area contributed by atoms with Crippen molar-refractivity contribution in [3.63, 3.8) is 0 Å². The van der Waals surface area contributed by atoms with E-state index < -0.39 is 5.97 Å². The maximum atomic E-state index is 12.1. The van der Waals surface area contributed by atoms with Gasteiger partial charge in [0, 0.05) is 19.0 Å². The lowest BCUT2D eigenvalue weighted by molar-refractivity contribution is -0.149. The maximum Gasteiger partial charge on any atom is 0.325 e. The number of carbonyl (C=O) groups excluding carboxylic acids is 2. The van der Waals surface area contributed by atoms with Gasteiger partial charge in [-0.2, -0.15) is 0 Å². The molecule has 1 amide bonds. The fourth-order valence-corrected chi connectivity index (χ4v) is 1.80. The van der Waals surface area contributed by atoms with Gasteiger partial charge >= 0.3 is 5.97 Å². The number of nitrogens with two attached hydrogens (primary N) is 1. The summed E-state index contributed by atoms with van der Waals surface area (Å²) in [5.74, 6) is -0.543. The lowest BCUT2D eigenvalue weighted by Gasteiger charge is -2.22. The average Bonchev–Trinajstić information content (AvgIpc) is 2.38. The summed E-state index contributed by atoms with van der Waals surface area (Å²) >= 11 is 0. The van der Waals surface area contributed by atoms with E-state index in [9.17, 15) is 9.59 Å². The summed E-state index contributed by atoms with van der Waals surface area (Å²) in [4.78, 5) is 25.2. The second-order valence-electron chi connectivity index (χ2n) is 4.72. The molecule has 0 aliphatic rings. The summed E-state index contributed by atoms with van der Waals surface area (Å²) < 4.78 is 4.90. The molecule has 0 aromatic heterocycles. The van der Waals surface area contributed by atoms with Crippen LogP contribution in [0.3, 0.4) is 0 Å². The van der Waals surface area contributed by atoms with Gasteiger partial charge in [-0.1, -0.05) is 30.3 Å². The fraction of sp³-hybridized carbons (Fsp3) is 0.467. The van der Waals surface area contributed by atoms with Crippen molar-refractivity contribution in [2.45, 2.75) is 32.9 Å². The van der Waals surface area contributed by atoms with E-state index in [1.165, 1.54) is 4.90 Å². The molecule has 0 heterocycles. The minimum absolute atomic E-state index is 0.0473. The van der Waals surface area contributed by atoms with E-state index in [0.717, 1.165) is 5.56 Å². The van der Waals surface area contributed by atoms with Gasteiger partial charge in [0.1, 0.15) is 6.54 Å². The van der Waals surface area contributed by atoms with E-state index in [4.69, 9.17) is 10.5 Å². The molecule has 1 aromatic carbocycles. The van der Waals surface area contributed by atoms with Crippen LogP contribution in [0.25, 0.3) is 0 Å². The Bertz CT molecular complexity index is 432. The topological polar surface area (TPSA) is 72.6 Å². The van der Waals surface area contributed by atoms with Crippen molar-refractivity contribution < 1.29 is 14.3 Å². The Hall–Kier alpha value is -1.88. The van der Waals surface area contributed by atoms with Gasteiger partial charge in [0.15, 0.2) is 0 Å². The molecule has 1 atom stereocenters. The van der Waals surface area contributed by atoms with Crippen molar-refractivity contribution in [3.8, 4) is 0 Å². The van der Waals surface area contributed by atoms with Crippen LogP contribution in [0.2, 0.25) is 0 Å². The molecule has 0 radical (unpaired) electrons. The van der Waals surface area contributed by atoms with Crippen LogP contribution < -0.4 is 5.73 Å². The van der Waals surface area contributed by atoms with Crippen LogP contribution in [-0.4, -0.2) is 36.0 Å². The molecule has 0 fully saturated rings. The normalized spacial score (nSPS) is 11.8. The molecule has 0 aliphatic carbocycles. The van der Waals surface area contributed by atoms with Gasteiger partial charge in [-0.05, 0) is 19.4 Å². The van der Waals surface area contributed by atoms with Crippen LogP contribution in [0, 0.1) is 0 Å². The number of benzene rings is 1. The maximum absolute atomic E-state index is 12.1. The molecule has 0 bridgehead atoms. The van der Waals surface area contributed by atoms with E-state index in [2.05, 4.69) is 0 Å². The SMILES string of the molecule is CCOC(=O)CN(Cc1ccccc1)C(=O)C[C@H](C)N. The lowest BCUT2D eigenvalue weighted by atomic mass is 10.2. The van der Waals surface area contributed by atoms with Gasteiger partial charge in [0.2, 0.25) is 5.91 Å². The van der Waals surface area contributed by atoms with Gasteiger partial charge in [-0.25, -0.2) is 0 Å². The molecule has 110 valence electrons. The summed E-state index contributed by atoms with van der Waals surface area (Å²) in [7, 11) is 0. The molecule has 0 spiro atoms. The van der Waals surface area contributed by atoms with Crippen molar-refractivity contribution in [1.82, 2.24) is 4.90 Å². The third kappa shape index (κ3) is 5.84. The number of hydrogen-bond donors (Lipinski definition) is 1. The standard InChI is InChI=1S/C15H22N2O3/c1-3-20-15(19)11-17(14(18)9-12(2)16)10-13-7-5-4-6-8-13/h4-8,12H,3,9-11,16H2,1-2H3/t12-/m0/s1. The minimum atomic E-state index is -0.401. The summed E-state index contributed by atoms with van der Waals surface area (Å²) in [6.07, 6.45) is 0.215. The number of carbonyl (C=O) groups is 2. The molecular weight excluding hydrogens is 256 g/mol. The highest BCUT2D eigenvalue weighted by molar-refractivity contribution is 5.82. The highest BCUT2D eigenvalue weighted by Crippen LogP contribution is 2.07. The highest BCUT2D eigenvalue weighted by Gasteiger charge is 2.19. The summed E-state index contributed by atoms with van der Waals surface area (Å²) in [5, 5.41) is 0. The molecule has 2 N–H and O–H groups in total. The van der Waals surface area contributed by atoms with Crippen LogP contribution in [0.1, 0.15) is 25.8 Å². The van der Waals surface area contributed by atoms with Crippen molar-refractivity contribution in [2.24, 2.45) is 5.73 Å². The number of nitrogens with zero attached hydrogens (tertiary/aromatic N) is 1. The van der Waals surface area contributed by atoms with Gasteiger partial charge < -0.3 is 15.4 Å². The quantitative estimate of drug-likeness (QED) is 0.763. The Morgan fingerprint density at radius 3 is 2.50 bits per heavy atom. The first-order valence-corrected chi connectivity index (χ1v) is 6.75. The van der Waals surface area contributed by atoms with E-state index in [1.54, 1.807) is 13.8 Å². The molecule has 1 aromatic rings. The van der Waals surface area contributed by atoms with Crippen LogP contribution in [0.4, 0.5) is 0 Å². The molecule has 1 rings (SSSR count). The molecule has 0 aliphatic heterocycles. The molecule has 5 nitrogen and oxygen atoms in total. The Kier molecular flexibility index (Phi) is 6.73. The number of esters is 1. The van der Waals surface area contributed by atoms with Crippen LogP contribution >= 0.6 is 0 Å². The molecule has 0 saturated heterocycles. The summed E-state index contributed by atoms with van der Waals surface area (Å²) in [5.41, 5.74) is 6.62. The monoisotopic (exact) mass is 278 g/mol. The number of amides is 1. The van der Waals surface area contributed by atoms with Crippen molar-refractivity contribution in [1.29, 1.82) is 0 Å². The molecule has 0 saturated carbocycles. The Labute approximate surface area is 119 Å². The van der Waals surface area contributed by atoms with E-state index in [-0.39, 0.29) is 24.9 Å². The van der Waals surface area contributed by atoms with Crippen molar-refractivity contribution in [3.05, 3.63) is 35.9 Å². The number of rotatable bonds is 7. The minimum Gasteiger partial charge on any atom is -0.465 e. The molecule has 5 heteroatoms. The molecule has 20 heavy (non-hydrogen) atoms. The Morgan fingerprint density at radius 1 is 1.30 bits per heavy atom. The van der Waals surface area contributed by atoms with Gasteiger partial charge in [0.05, 0.1) is 6.61 Å². The first kappa shape index (κ1) is 16.2. The van der Waals surface area contributed by atoms with E-state index >= 15 is 0 Å². The van der Waals surface area contributed by atoms with Gasteiger partial charge in [-0.3, -0.25) is 9.59 Å². The zero-order chi connectivity index (χ0) is 15.0. The zero-order valence-corrected chi connectivity index (χ0v) is 12.0. The van der Waals surface area contributed by atoms with Crippen LogP contribution in [-0.2, 0) is 20.9 Å². The molecular formula is C15H22N2O3. The predicted molar refractivity (Wildman–Crippen MR) is 76.8 cm³/mol. The first-order valence-electron chi connectivity index (χ1n) is 6.75. The van der Waals surface area contributed by atoms with Crippen molar-refractivity contribution in [2.75, 3.05) is 13.2 Å². The van der Waals surface area contributed by atoms with E-state index in [0.29, 0.717) is 13.2 Å². The summed E-state index contributed by atoms with van der Waals surface area (Å²) in [6, 6.07) is 9.29. The average molecular weight is 278 g/mol. The zero-order valence-electron chi connectivity index (χ0n) is 12.0. The number of hydrogen-bond acceptors (Lipinski definition) is 4. The summed E-state index contributed by atoms with van der Waals surface area (Å²) in [6.45, 7) is 4.14. The first-order chi connectivity index (χ1) is 9.52. The van der Waals surface area contributed by atoms with E-state index in [1.807, 2.05) is 30.3 Å².